The fourth-order valence-corrected chi connectivity index (χ4v) is 2.37. The lowest BCUT2D eigenvalue weighted by atomic mass is 10.1. The molecule has 0 saturated heterocycles. The number of nitrogens with zero attached hydrogens (tertiary/aromatic N) is 2. The van der Waals surface area contributed by atoms with Gasteiger partial charge in [0, 0.05) is 30.3 Å². The molecule has 1 N–H and O–H groups in total. The van der Waals surface area contributed by atoms with Crippen molar-refractivity contribution in [1.82, 2.24) is 9.78 Å². The molecular weight excluding hydrogens is 236 g/mol. The first-order valence-electron chi connectivity index (χ1n) is 5.99. The van der Waals surface area contributed by atoms with Crippen molar-refractivity contribution in [3.05, 3.63) is 35.4 Å². The molecule has 94 valence electrons. The van der Waals surface area contributed by atoms with E-state index >= 15 is 0 Å². The van der Waals surface area contributed by atoms with Crippen LogP contribution in [-0.2, 0) is 13.0 Å². The van der Waals surface area contributed by atoms with E-state index in [1.807, 2.05) is 11.6 Å². The SMILES string of the molecule is CCn1nc(-c2ccc(F)cc2F)c2c1NCC2. The van der Waals surface area contributed by atoms with E-state index in [0.717, 1.165) is 37.0 Å². The number of rotatable bonds is 2. The average Bonchev–Trinajstić information content (AvgIpc) is 2.91. The van der Waals surface area contributed by atoms with Crippen LogP contribution in [0.15, 0.2) is 18.2 Å². The third-order valence-electron chi connectivity index (χ3n) is 3.20. The molecule has 1 aromatic heterocycles. The molecule has 0 spiro atoms. The van der Waals surface area contributed by atoms with Gasteiger partial charge in [-0.15, -0.1) is 0 Å². The topological polar surface area (TPSA) is 29.9 Å². The lowest BCUT2D eigenvalue weighted by Crippen LogP contribution is -2.04. The zero-order chi connectivity index (χ0) is 12.7. The zero-order valence-electron chi connectivity index (χ0n) is 10.0. The maximum atomic E-state index is 13.8. The highest BCUT2D eigenvalue weighted by Crippen LogP contribution is 2.33. The van der Waals surface area contributed by atoms with E-state index in [9.17, 15) is 8.78 Å². The van der Waals surface area contributed by atoms with Crippen molar-refractivity contribution in [3.8, 4) is 11.3 Å². The monoisotopic (exact) mass is 249 g/mol. The molecule has 0 radical (unpaired) electrons. The van der Waals surface area contributed by atoms with Gasteiger partial charge in [-0.3, -0.25) is 0 Å². The normalized spacial score (nSPS) is 13.5. The Balaban J connectivity index is 2.17. The van der Waals surface area contributed by atoms with Crippen LogP contribution in [0, 0.1) is 11.6 Å². The van der Waals surface area contributed by atoms with Crippen molar-refractivity contribution in [2.75, 3.05) is 11.9 Å². The number of aryl methyl sites for hydroxylation is 1. The Morgan fingerprint density at radius 2 is 2.22 bits per heavy atom. The fourth-order valence-electron chi connectivity index (χ4n) is 2.37. The Hall–Kier alpha value is -1.91. The summed E-state index contributed by atoms with van der Waals surface area (Å²) in [5.41, 5.74) is 2.00. The van der Waals surface area contributed by atoms with Gasteiger partial charge in [0.25, 0.3) is 0 Å². The van der Waals surface area contributed by atoms with Gasteiger partial charge < -0.3 is 5.32 Å². The van der Waals surface area contributed by atoms with E-state index in [0.29, 0.717) is 11.3 Å². The summed E-state index contributed by atoms with van der Waals surface area (Å²) in [5.74, 6) is -0.178. The zero-order valence-corrected chi connectivity index (χ0v) is 10.0. The van der Waals surface area contributed by atoms with Crippen LogP contribution in [0.1, 0.15) is 12.5 Å². The predicted octanol–water partition coefficient (Wildman–Crippen LogP) is 2.82. The quantitative estimate of drug-likeness (QED) is 0.887. The molecule has 1 aromatic carbocycles. The molecule has 0 fully saturated rings. The van der Waals surface area contributed by atoms with Crippen LogP contribution < -0.4 is 5.32 Å². The molecule has 18 heavy (non-hydrogen) atoms. The number of halogens is 2. The third-order valence-corrected chi connectivity index (χ3v) is 3.20. The standard InChI is InChI=1S/C13H13F2N3/c1-2-18-13-10(5-6-16-13)12(17-18)9-4-3-8(14)7-11(9)15/h3-4,7,16H,2,5-6H2,1H3. The van der Waals surface area contributed by atoms with Gasteiger partial charge in [0.05, 0.1) is 0 Å². The Morgan fingerprint density at radius 3 is 2.94 bits per heavy atom. The van der Waals surface area contributed by atoms with Gasteiger partial charge >= 0.3 is 0 Å². The molecule has 2 heterocycles. The second-order valence-corrected chi connectivity index (χ2v) is 4.29. The highest BCUT2D eigenvalue weighted by molar-refractivity contribution is 5.71. The fraction of sp³-hybridized carbons (Fsp3) is 0.308. The molecule has 1 aliphatic rings. The Bertz CT molecular complexity index is 605. The number of fused-ring (bicyclic) bond motifs is 1. The lowest BCUT2D eigenvalue weighted by Gasteiger charge is -2.02. The molecule has 0 atom stereocenters. The molecule has 3 rings (SSSR count). The first-order chi connectivity index (χ1) is 8.70. The van der Waals surface area contributed by atoms with Crippen molar-refractivity contribution in [1.29, 1.82) is 0 Å². The smallest absolute Gasteiger partial charge is 0.135 e. The molecule has 0 aliphatic carbocycles. The summed E-state index contributed by atoms with van der Waals surface area (Å²) in [6, 6.07) is 3.61. The van der Waals surface area contributed by atoms with E-state index in [2.05, 4.69) is 10.4 Å². The van der Waals surface area contributed by atoms with Gasteiger partial charge in [-0.1, -0.05) is 0 Å². The van der Waals surface area contributed by atoms with Gasteiger partial charge in [0.1, 0.15) is 23.1 Å². The second kappa shape index (κ2) is 4.08. The van der Waals surface area contributed by atoms with Gasteiger partial charge in [0.2, 0.25) is 0 Å². The highest BCUT2D eigenvalue weighted by atomic mass is 19.1. The van der Waals surface area contributed by atoms with E-state index in [4.69, 9.17) is 0 Å². The maximum Gasteiger partial charge on any atom is 0.135 e. The first kappa shape index (κ1) is 11.2. The molecular formula is C13H13F2N3. The molecule has 0 bridgehead atoms. The Morgan fingerprint density at radius 1 is 1.39 bits per heavy atom. The van der Waals surface area contributed by atoms with E-state index in [1.165, 1.54) is 12.1 Å². The molecule has 2 aromatic rings. The summed E-state index contributed by atoms with van der Waals surface area (Å²) in [4.78, 5) is 0. The van der Waals surface area contributed by atoms with E-state index < -0.39 is 11.6 Å². The Kier molecular flexibility index (Phi) is 2.54. The number of anilines is 1. The number of aromatic nitrogens is 2. The average molecular weight is 249 g/mol. The molecule has 3 nitrogen and oxygen atoms in total. The van der Waals surface area contributed by atoms with Crippen LogP contribution in [0.3, 0.4) is 0 Å². The molecule has 0 unspecified atom stereocenters. The molecule has 1 aliphatic heterocycles. The van der Waals surface area contributed by atoms with E-state index in [-0.39, 0.29) is 0 Å². The second-order valence-electron chi connectivity index (χ2n) is 4.29. The van der Waals surface area contributed by atoms with Crippen LogP contribution in [0.5, 0.6) is 0 Å². The number of hydrogen-bond acceptors (Lipinski definition) is 2. The van der Waals surface area contributed by atoms with Crippen LogP contribution >= 0.6 is 0 Å². The van der Waals surface area contributed by atoms with Crippen molar-refractivity contribution in [3.63, 3.8) is 0 Å². The minimum absolute atomic E-state index is 0.364. The molecule has 0 amide bonds. The number of hydrogen-bond donors (Lipinski definition) is 1. The van der Waals surface area contributed by atoms with Crippen molar-refractivity contribution in [2.45, 2.75) is 19.9 Å². The van der Waals surface area contributed by atoms with Crippen LogP contribution in [0.4, 0.5) is 14.6 Å². The first-order valence-corrected chi connectivity index (χ1v) is 5.99. The minimum atomic E-state index is -0.569. The highest BCUT2D eigenvalue weighted by Gasteiger charge is 2.24. The lowest BCUT2D eigenvalue weighted by molar-refractivity contribution is 0.584. The summed E-state index contributed by atoms with van der Waals surface area (Å²) in [7, 11) is 0. The largest absolute Gasteiger partial charge is 0.370 e. The number of benzene rings is 1. The molecule has 5 heteroatoms. The molecule has 0 saturated carbocycles. The van der Waals surface area contributed by atoms with E-state index in [1.54, 1.807) is 0 Å². The van der Waals surface area contributed by atoms with Crippen molar-refractivity contribution in [2.24, 2.45) is 0 Å². The van der Waals surface area contributed by atoms with Gasteiger partial charge in [0.15, 0.2) is 0 Å². The summed E-state index contributed by atoms with van der Waals surface area (Å²) >= 11 is 0. The van der Waals surface area contributed by atoms with Crippen LogP contribution in [0.2, 0.25) is 0 Å². The minimum Gasteiger partial charge on any atom is -0.370 e. The van der Waals surface area contributed by atoms with Crippen molar-refractivity contribution < 1.29 is 8.78 Å². The van der Waals surface area contributed by atoms with Crippen LogP contribution in [0.25, 0.3) is 11.3 Å². The summed E-state index contributed by atoms with van der Waals surface area (Å²) in [5, 5.41) is 7.65. The van der Waals surface area contributed by atoms with Crippen molar-refractivity contribution >= 4 is 5.82 Å². The summed E-state index contributed by atoms with van der Waals surface area (Å²) in [6.07, 6.45) is 0.821. The maximum absolute atomic E-state index is 13.8. The Labute approximate surface area is 103 Å². The van der Waals surface area contributed by atoms with Gasteiger partial charge in [-0.25, -0.2) is 13.5 Å². The summed E-state index contributed by atoms with van der Waals surface area (Å²) < 4.78 is 28.6. The van der Waals surface area contributed by atoms with Gasteiger partial charge in [-0.05, 0) is 25.5 Å². The number of nitrogens with one attached hydrogen (secondary N) is 1. The third kappa shape index (κ3) is 1.58. The predicted molar refractivity (Wildman–Crippen MR) is 65.4 cm³/mol. The van der Waals surface area contributed by atoms with Gasteiger partial charge in [-0.2, -0.15) is 5.10 Å². The summed E-state index contributed by atoms with van der Waals surface area (Å²) in [6.45, 7) is 3.54. The van der Waals surface area contributed by atoms with Crippen LogP contribution in [-0.4, -0.2) is 16.3 Å².